The van der Waals surface area contributed by atoms with E-state index in [-0.39, 0.29) is 11.9 Å². The van der Waals surface area contributed by atoms with Crippen LogP contribution in [0.15, 0.2) is 0 Å². The van der Waals surface area contributed by atoms with E-state index < -0.39 is 0 Å². The molecule has 0 bridgehead atoms. The van der Waals surface area contributed by atoms with Crippen molar-refractivity contribution < 1.29 is 4.79 Å². The number of nitrogens with zero attached hydrogens (tertiary/aromatic N) is 1. The van der Waals surface area contributed by atoms with Crippen LogP contribution in [0.5, 0.6) is 0 Å². The zero-order chi connectivity index (χ0) is 13.7. The first-order chi connectivity index (χ1) is 9.20. The second kappa shape index (κ2) is 7.25. The fraction of sp³-hybridized carbons (Fsp3) is 0.933. The number of carbonyl (C=O) groups excluding carboxylic acids is 1. The Hall–Kier alpha value is -0.610. The third-order valence-electron chi connectivity index (χ3n) is 4.28. The van der Waals surface area contributed by atoms with Crippen LogP contribution in [0, 0.1) is 5.92 Å². The first kappa shape index (κ1) is 14.8. The molecule has 1 amide bonds. The lowest BCUT2D eigenvalue weighted by molar-refractivity contribution is -0.126. The van der Waals surface area contributed by atoms with Gasteiger partial charge >= 0.3 is 0 Å². The summed E-state index contributed by atoms with van der Waals surface area (Å²) in [6, 6.07) is 0.592. The van der Waals surface area contributed by atoms with Crippen LogP contribution >= 0.6 is 0 Å². The van der Waals surface area contributed by atoms with Gasteiger partial charge in [0.1, 0.15) is 0 Å². The normalized spacial score (nSPS) is 24.7. The highest BCUT2D eigenvalue weighted by molar-refractivity contribution is 5.81. The molecule has 19 heavy (non-hydrogen) atoms. The van der Waals surface area contributed by atoms with Crippen LogP contribution in [0.1, 0.15) is 46.0 Å². The fourth-order valence-corrected chi connectivity index (χ4v) is 2.78. The van der Waals surface area contributed by atoms with E-state index in [2.05, 4.69) is 29.4 Å². The van der Waals surface area contributed by atoms with E-state index in [4.69, 9.17) is 0 Å². The SMILES string of the molecule is CCCNC(=O)C(C)N(CC1CC1)CC1CCCN1. The summed E-state index contributed by atoms with van der Waals surface area (Å²) in [5.41, 5.74) is 0. The Morgan fingerprint density at radius 3 is 2.74 bits per heavy atom. The standard InChI is InChI=1S/C15H29N3O/c1-3-8-17-15(19)12(2)18(10-13-6-7-13)11-14-5-4-9-16-14/h12-14,16H,3-11H2,1-2H3,(H,17,19). The Kier molecular flexibility index (Phi) is 5.64. The minimum atomic E-state index is 0.00884. The zero-order valence-corrected chi connectivity index (χ0v) is 12.5. The molecule has 1 aliphatic carbocycles. The van der Waals surface area contributed by atoms with Crippen LogP contribution in [0.25, 0.3) is 0 Å². The fourth-order valence-electron chi connectivity index (χ4n) is 2.78. The molecule has 4 heteroatoms. The van der Waals surface area contributed by atoms with Crippen molar-refractivity contribution in [3.63, 3.8) is 0 Å². The summed E-state index contributed by atoms with van der Waals surface area (Å²) in [6.07, 6.45) is 6.23. The van der Waals surface area contributed by atoms with Crippen LogP contribution in [0.2, 0.25) is 0 Å². The van der Waals surface area contributed by atoms with Crippen LogP contribution in [0.3, 0.4) is 0 Å². The minimum absolute atomic E-state index is 0.00884. The first-order valence-corrected chi connectivity index (χ1v) is 7.95. The van der Waals surface area contributed by atoms with Crippen LogP contribution in [0.4, 0.5) is 0 Å². The molecule has 2 rings (SSSR count). The Morgan fingerprint density at radius 2 is 2.16 bits per heavy atom. The van der Waals surface area contributed by atoms with E-state index in [1.165, 1.54) is 25.7 Å². The van der Waals surface area contributed by atoms with Gasteiger partial charge in [0.15, 0.2) is 0 Å². The van der Waals surface area contributed by atoms with E-state index in [0.717, 1.165) is 38.5 Å². The molecule has 2 atom stereocenters. The molecule has 2 N–H and O–H groups in total. The Labute approximate surface area is 117 Å². The van der Waals surface area contributed by atoms with Crippen molar-refractivity contribution in [3.05, 3.63) is 0 Å². The molecule has 0 aromatic heterocycles. The van der Waals surface area contributed by atoms with E-state index in [1.54, 1.807) is 0 Å². The van der Waals surface area contributed by atoms with E-state index in [0.29, 0.717) is 6.04 Å². The van der Waals surface area contributed by atoms with Gasteiger partial charge in [-0.2, -0.15) is 0 Å². The summed E-state index contributed by atoms with van der Waals surface area (Å²) in [6.45, 7) is 8.20. The summed E-state index contributed by atoms with van der Waals surface area (Å²) in [7, 11) is 0. The average Bonchev–Trinajstić information content (AvgIpc) is 3.08. The number of rotatable bonds is 8. The molecule has 4 nitrogen and oxygen atoms in total. The maximum atomic E-state index is 12.1. The molecule has 1 saturated carbocycles. The third kappa shape index (κ3) is 4.77. The van der Waals surface area contributed by atoms with E-state index in [9.17, 15) is 4.79 Å². The van der Waals surface area contributed by atoms with Gasteiger partial charge in [-0.3, -0.25) is 9.69 Å². The van der Waals surface area contributed by atoms with Gasteiger partial charge in [-0.25, -0.2) is 0 Å². The molecule has 1 heterocycles. The van der Waals surface area contributed by atoms with Crippen molar-refractivity contribution in [2.75, 3.05) is 26.2 Å². The average molecular weight is 267 g/mol. The molecule has 110 valence electrons. The molecular formula is C15H29N3O. The lowest BCUT2D eigenvalue weighted by Gasteiger charge is -2.30. The third-order valence-corrected chi connectivity index (χ3v) is 4.28. The summed E-state index contributed by atoms with van der Waals surface area (Å²) >= 11 is 0. The molecule has 0 aromatic carbocycles. The number of hydrogen-bond acceptors (Lipinski definition) is 3. The largest absolute Gasteiger partial charge is 0.355 e. The smallest absolute Gasteiger partial charge is 0.237 e. The van der Waals surface area contributed by atoms with E-state index >= 15 is 0 Å². The number of amides is 1. The molecule has 2 aliphatic rings. The van der Waals surface area contributed by atoms with Gasteiger partial charge < -0.3 is 10.6 Å². The molecule has 0 spiro atoms. The monoisotopic (exact) mass is 267 g/mol. The number of hydrogen-bond donors (Lipinski definition) is 2. The highest BCUT2D eigenvalue weighted by Crippen LogP contribution is 2.30. The van der Waals surface area contributed by atoms with Gasteiger partial charge in [0.05, 0.1) is 6.04 Å². The van der Waals surface area contributed by atoms with Crippen molar-refractivity contribution in [1.82, 2.24) is 15.5 Å². The predicted molar refractivity (Wildman–Crippen MR) is 78.1 cm³/mol. The van der Waals surface area contributed by atoms with Crippen molar-refractivity contribution >= 4 is 5.91 Å². The topological polar surface area (TPSA) is 44.4 Å². The zero-order valence-electron chi connectivity index (χ0n) is 12.5. The molecule has 2 unspecified atom stereocenters. The van der Waals surface area contributed by atoms with Crippen LogP contribution in [-0.2, 0) is 4.79 Å². The lowest BCUT2D eigenvalue weighted by atomic mass is 10.1. The molecule has 2 fully saturated rings. The minimum Gasteiger partial charge on any atom is -0.355 e. The van der Waals surface area contributed by atoms with Gasteiger partial charge in [-0.05, 0) is 51.5 Å². The maximum absolute atomic E-state index is 12.1. The first-order valence-electron chi connectivity index (χ1n) is 7.95. The second-order valence-electron chi connectivity index (χ2n) is 6.16. The van der Waals surface area contributed by atoms with Gasteiger partial charge in [-0.15, -0.1) is 0 Å². The Balaban J connectivity index is 1.84. The molecule has 0 aromatic rings. The highest BCUT2D eigenvalue weighted by atomic mass is 16.2. The van der Waals surface area contributed by atoms with Crippen molar-refractivity contribution in [1.29, 1.82) is 0 Å². The van der Waals surface area contributed by atoms with Gasteiger partial charge in [-0.1, -0.05) is 6.92 Å². The molecule has 0 radical (unpaired) electrons. The molecule has 1 saturated heterocycles. The van der Waals surface area contributed by atoms with Crippen molar-refractivity contribution in [2.45, 2.75) is 58.0 Å². The summed E-state index contributed by atoms with van der Waals surface area (Å²) in [5, 5.41) is 6.57. The second-order valence-corrected chi connectivity index (χ2v) is 6.16. The summed E-state index contributed by atoms with van der Waals surface area (Å²) in [5.74, 6) is 1.03. The van der Waals surface area contributed by atoms with Gasteiger partial charge in [0, 0.05) is 25.7 Å². The Bertz CT molecular complexity index is 285. The van der Waals surface area contributed by atoms with Gasteiger partial charge in [0.25, 0.3) is 0 Å². The highest BCUT2D eigenvalue weighted by Gasteiger charge is 2.31. The van der Waals surface area contributed by atoms with Crippen LogP contribution < -0.4 is 10.6 Å². The van der Waals surface area contributed by atoms with Gasteiger partial charge in [0.2, 0.25) is 5.91 Å². The quantitative estimate of drug-likeness (QED) is 0.698. The molecular weight excluding hydrogens is 238 g/mol. The summed E-state index contributed by atoms with van der Waals surface area (Å²) < 4.78 is 0. The Morgan fingerprint density at radius 1 is 1.37 bits per heavy atom. The van der Waals surface area contributed by atoms with E-state index in [1.807, 2.05) is 0 Å². The van der Waals surface area contributed by atoms with Crippen molar-refractivity contribution in [2.24, 2.45) is 5.92 Å². The molecule has 1 aliphatic heterocycles. The van der Waals surface area contributed by atoms with Crippen molar-refractivity contribution in [3.8, 4) is 0 Å². The number of carbonyl (C=O) groups is 1. The maximum Gasteiger partial charge on any atom is 0.237 e. The lowest BCUT2D eigenvalue weighted by Crippen LogP contribution is -2.50. The van der Waals surface area contributed by atoms with Crippen LogP contribution in [-0.4, -0.2) is 49.1 Å². The summed E-state index contributed by atoms with van der Waals surface area (Å²) in [4.78, 5) is 14.5. The predicted octanol–water partition coefficient (Wildman–Crippen LogP) is 1.37. The number of nitrogens with one attached hydrogen (secondary N) is 2.